The van der Waals surface area contributed by atoms with Gasteiger partial charge in [0.1, 0.15) is 0 Å². The Morgan fingerprint density at radius 1 is 1.09 bits per heavy atom. The Hall–Kier alpha value is -1.21. The lowest BCUT2D eigenvalue weighted by atomic mass is 10.2. The quantitative estimate of drug-likeness (QED) is 0.244. The van der Waals surface area contributed by atoms with Crippen LogP contribution in [0.5, 0.6) is 0 Å². The minimum atomic E-state index is 0. The zero-order valence-corrected chi connectivity index (χ0v) is 16.0. The van der Waals surface area contributed by atoms with Gasteiger partial charge < -0.3 is 11.1 Å². The molecule has 0 amide bonds. The van der Waals surface area contributed by atoms with E-state index in [0.29, 0.717) is 12.5 Å². The Kier molecular flexibility index (Phi) is 8.34. The highest BCUT2D eigenvalue weighted by Crippen LogP contribution is 2.17. The van der Waals surface area contributed by atoms with Gasteiger partial charge in [-0.15, -0.1) is 35.7 Å². The number of hydrogen-bond donors (Lipinski definition) is 2. The number of rotatable bonds is 5. The highest BCUT2D eigenvalue weighted by Gasteiger charge is 1.96. The molecule has 3 nitrogen and oxygen atoms in total. The summed E-state index contributed by atoms with van der Waals surface area (Å²) in [7, 11) is 0. The van der Waals surface area contributed by atoms with Crippen LogP contribution in [0, 0.1) is 13.8 Å². The van der Waals surface area contributed by atoms with Crippen molar-refractivity contribution in [1.29, 1.82) is 0 Å². The first kappa shape index (κ1) is 18.8. The number of aryl methyl sites for hydroxylation is 2. The second-order valence-corrected chi connectivity index (χ2v) is 6.09. The van der Waals surface area contributed by atoms with E-state index in [9.17, 15) is 0 Å². The first-order chi connectivity index (χ1) is 10.1. The molecule has 2 aromatic carbocycles. The van der Waals surface area contributed by atoms with Crippen molar-refractivity contribution in [1.82, 2.24) is 0 Å². The lowest BCUT2D eigenvalue weighted by Gasteiger charge is -2.06. The first-order valence-corrected chi connectivity index (χ1v) is 7.95. The molecule has 3 N–H and O–H groups in total. The molecule has 0 saturated heterocycles. The molecule has 118 valence electrons. The van der Waals surface area contributed by atoms with Gasteiger partial charge in [0.15, 0.2) is 5.96 Å². The molecule has 0 radical (unpaired) electrons. The fraction of sp³-hybridized carbons (Fsp3) is 0.235. The van der Waals surface area contributed by atoms with E-state index in [1.54, 1.807) is 11.8 Å². The number of benzene rings is 2. The summed E-state index contributed by atoms with van der Waals surface area (Å²) >= 11 is 1.79. The zero-order valence-electron chi connectivity index (χ0n) is 12.9. The van der Waals surface area contributed by atoms with Gasteiger partial charge in [-0.05, 0) is 43.7 Å². The SMILES string of the molecule is Cc1ccc(SCCN=C(N)Nc2cccc(C)c2)cc1.I. The molecule has 2 rings (SSSR count). The summed E-state index contributed by atoms with van der Waals surface area (Å²) in [5.41, 5.74) is 9.34. The minimum Gasteiger partial charge on any atom is -0.370 e. The highest BCUT2D eigenvalue weighted by atomic mass is 127. The van der Waals surface area contributed by atoms with E-state index in [4.69, 9.17) is 5.73 Å². The van der Waals surface area contributed by atoms with Crippen molar-refractivity contribution in [3.05, 3.63) is 59.7 Å². The van der Waals surface area contributed by atoms with E-state index in [-0.39, 0.29) is 24.0 Å². The number of nitrogens with one attached hydrogen (secondary N) is 1. The van der Waals surface area contributed by atoms with Crippen molar-refractivity contribution in [2.75, 3.05) is 17.6 Å². The topological polar surface area (TPSA) is 50.4 Å². The maximum atomic E-state index is 5.88. The van der Waals surface area contributed by atoms with Gasteiger partial charge in [0.05, 0.1) is 6.54 Å². The lowest BCUT2D eigenvalue weighted by molar-refractivity contribution is 1.13. The summed E-state index contributed by atoms with van der Waals surface area (Å²) in [6.45, 7) is 4.84. The Labute approximate surface area is 153 Å². The van der Waals surface area contributed by atoms with E-state index >= 15 is 0 Å². The van der Waals surface area contributed by atoms with Gasteiger partial charge >= 0.3 is 0 Å². The van der Waals surface area contributed by atoms with Crippen LogP contribution in [0.25, 0.3) is 0 Å². The average Bonchev–Trinajstić information content (AvgIpc) is 2.45. The molecule has 0 bridgehead atoms. The van der Waals surface area contributed by atoms with Gasteiger partial charge in [-0.3, -0.25) is 4.99 Å². The molecule has 2 aromatic rings. The summed E-state index contributed by atoms with van der Waals surface area (Å²) in [6.07, 6.45) is 0. The molecule has 0 aliphatic heterocycles. The third-order valence-electron chi connectivity index (χ3n) is 2.95. The summed E-state index contributed by atoms with van der Waals surface area (Å²) in [6, 6.07) is 16.6. The first-order valence-electron chi connectivity index (χ1n) is 6.96. The maximum absolute atomic E-state index is 5.88. The monoisotopic (exact) mass is 427 g/mol. The smallest absolute Gasteiger partial charge is 0.193 e. The van der Waals surface area contributed by atoms with E-state index in [2.05, 4.69) is 54.5 Å². The van der Waals surface area contributed by atoms with Crippen molar-refractivity contribution in [3.63, 3.8) is 0 Å². The molecule has 0 aromatic heterocycles. The van der Waals surface area contributed by atoms with Gasteiger partial charge in [0, 0.05) is 16.3 Å². The fourth-order valence-electron chi connectivity index (χ4n) is 1.87. The lowest BCUT2D eigenvalue weighted by Crippen LogP contribution is -2.23. The Morgan fingerprint density at radius 2 is 1.82 bits per heavy atom. The van der Waals surface area contributed by atoms with Crippen LogP contribution in [-0.4, -0.2) is 18.3 Å². The van der Waals surface area contributed by atoms with Crippen LogP contribution < -0.4 is 11.1 Å². The molecule has 0 fully saturated rings. The van der Waals surface area contributed by atoms with Crippen LogP contribution in [0.3, 0.4) is 0 Å². The molecular weight excluding hydrogens is 405 g/mol. The summed E-state index contributed by atoms with van der Waals surface area (Å²) < 4.78 is 0. The average molecular weight is 427 g/mol. The van der Waals surface area contributed by atoms with Crippen LogP contribution in [0.1, 0.15) is 11.1 Å². The molecule has 0 saturated carbocycles. The van der Waals surface area contributed by atoms with Gasteiger partial charge in [-0.2, -0.15) is 0 Å². The molecule has 0 spiro atoms. The molecular formula is C17H22IN3S. The van der Waals surface area contributed by atoms with Crippen LogP contribution in [-0.2, 0) is 0 Å². The summed E-state index contributed by atoms with van der Waals surface area (Å²) in [5, 5.41) is 3.11. The maximum Gasteiger partial charge on any atom is 0.193 e. The fourth-order valence-corrected chi connectivity index (χ4v) is 2.62. The van der Waals surface area contributed by atoms with Crippen molar-refractivity contribution in [2.45, 2.75) is 18.7 Å². The van der Waals surface area contributed by atoms with Gasteiger partial charge in [-0.25, -0.2) is 0 Å². The Morgan fingerprint density at radius 3 is 2.50 bits per heavy atom. The third-order valence-corrected chi connectivity index (χ3v) is 3.95. The Bertz CT molecular complexity index is 612. The predicted molar refractivity (Wildman–Crippen MR) is 109 cm³/mol. The number of anilines is 1. The van der Waals surface area contributed by atoms with Crippen molar-refractivity contribution in [2.24, 2.45) is 10.7 Å². The molecule has 0 aliphatic rings. The van der Waals surface area contributed by atoms with Crippen molar-refractivity contribution >= 4 is 47.4 Å². The second kappa shape index (κ2) is 9.74. The van der Waals surface area contributed by atoms with E-state index in [1.165, 1.54) is 16.0 Å². The molecule has 22 heavy (non-hydrogen) atoms. The van der Waals surface area contributed by atoms with E-state index in [1.807, 2.05) is 18.2 Å². The number of guanidine groups is 1. The summed E-state index contributed by atoms with van der Waals surface area (Å²) in [4.78, 5) is 5.61. The Balaban J connectivity index is 0.00000242. The molecule has 0 heterocycles. The zero-order chi connectivity index (χ0) is 15.1. The normalized spacial score (nSPS) is 10.9. The summed E-state index contributed by atoms with van der Waals surface area (Å²) in [5.74, 6) is 1.38. The number of thioether (sulfide) groups is 1. The largest absolute Gasteiger partial charge is 0.370 e. The molecule has 0 unspecified atom stereocenters. The van der Waals surface area contributed by atoms with Crippen molar-refractivity contribution < 1.29 is 0 Å². The highest BCUT2D eigenvalue weighted by molar-refractivity contribution is 14.0. The minimum absolute atomic E-state index is 0. The standard InChI is InChI=1S/C17H21N3S.HI/c1-13-6-8-16(9-7-13)21-11-10-19-17(18)20-15-5-3-4-14(2)12-15;/h3-9,12H,10-11H2,1-2H3,(H3,18,19,20);1H. The van der Waals surface area contributed by atoms with Crippen LogP contribution in [0.15, 0.2) is 58.4 Å². The number of halogens is 1. The number of nitrogens with zero attached hydrogens (tertiary/aromatic N) is 1. The van der Waals surface area contributed by atoms with Gasteiger partial charge in [0.25, 0.3) is 0 Å². The van der Waals surface area contributed by atoms with Crippen molar-refractivity contribution in [3.8, 4) is 0 Å². The molecule has 0 aliphatic carbocycles. The third kappa shape index (κ3) is 6.70. The number of nitrogens with two attached hydrogens (primary N) is 1. The van der Waals surface area contributed by atoms with E-state index < -0.39 is 0 Å². The molecule has 0 atom stereocenters. The van der Waals surface area contributed by atoms with Crippen LogP contribution in [0.4, 0.5) is 5.69 Å². The van der Waals surface area contributed by atoms with Gasteiger partial charge in [0.2, 0.25) is 0 Å². The predicted octanol–water partition coefficient (Wildman–Crippen LogP) is 4.44. The second-order valence-electron chi connectivity index (χ2n) is 4.92. The number of hydrogen-bond acceptors (Lipinski definition) is 2. The van der Waals surface area contributed by atoms with Crippen LogP contribution >= 0.6 is 35.7 Å². The van der Waals surface area contributed by atoms with Crippen LogP contribution in [0.2, 0.25) is 0 Å². The van der Waals surface area contributed by atoms with E-state index in [0.717, 1.165) is 11.4 Å². The van der Waals surface area contributed by atoms with Gasteiger partial charge in [-0.1, -0.05) is 29.8 Å². The molecule has 5 heteroatoms. The number of aliphatic imine (C=N–C) groups is 1.